The Labute approximate surface area is 173 Å². The Morgan fingerprint density at radius 2 is 1.97 bits per heavy atom. The average molecular weight is 403 g/mol. The Bertz CT molecular complexity index is 787. The van der Waals surface area contributed by atoms with E-state index in [1.807, 2.05) is 32.4 Å². The Balaban J connectivity index is 1.93. The van der Waals surface area contributed by atoms with Gasteiger partial charge < -0.3 is 24.7 Å². The molecule has 0 spiro atoms. The molecule has 0 atom stereocenters. The van der Waals surface area contributed by atoms with Gasteiger partial charge in [-0.15, -0.1) is 10.2 Å². The Kier molecular flexibility index (Phi) is 9.43. The lowest BCUT2D eigenvalue weighted by Crippen LogP contribution is -2.39. The maximum atomic E-state index is 5.42. The quantitative estimate of drug-likeness (QED) is 0.340. The van der Waals surface area contributed by atoms with Crippen LogP contribution in [0.25, 0.3) is 0 Å². The van der Waals surface area contributed by atoms with Crippen LogP contribution in [0, 0.1) is 13.8 Å². The van der Waals surface area contributed by atoms with E-state index in [0.717, 1.165) is 68.1 Å². The topological polar surface area (TPSA) is 85.6 Å². The van der Waals surface area contributed by atoms with Crippen LogP contribution < -0.4 is 15.4 Å². The fourth-order valence-corrected chi connectivity index (χ4v) is 2.78. The molecule has 0 saturated heterocycles. The van der Waals surface area contributed by atoms with Gasteiger partial charge in [0.05, 0.1) is 7.11 Å². The first kappa shape index (κ1) is 22.7. The number of ether oxygens (including phenoxy) is 2. The van der Waals surface area contributed by atoms with Gasteiger partial charge in [-0.1, -0.05) is 12.1 Å². The van der Waals surface area contributed by atoms with Gasteiger partial charge in [0.25, 0.3) is 0 Å². The third-order valence-electron chi connectivity index (χ3n) is 4.70. The summed E-state index contributed by atoms with van der Waals surface area (Å²) >= 11 is 0. The summed E-state index contributed by atoms with van der Waals surface area (Å²) in [6.07, 6.45) is 1.80. The molecule has 8 nitrogen and oxygen atoms in total. The summed E-state index contributed by atoms with van der Waals surface area (Å²) in [4.78, 5) is 4.67. The summed E-state index contributed by atoms with van der Waals surface area (Å²) in [6, 6.07) is 6.31. The lowest BCUT2D eigenvalue weighted by atomic mass is 10.1. The second-order valence-electron chi connectivity index (χ2n) is 6.85. The molecule has 1 aromatic carbocycles. The highest BCUT2D eigenvalue weighted by atomic mass is 16.5. The van der Waals surface area contributed by atoms with Crippen molar-refractivity contribution in [3.63, 3.8) is 0 Å². The number of aliphatic imine (C=N–C) groups is 1. The molecule has 0 amide bonds. The number of aromatic nitrogens is 3. The van der Waals surface area contributed by atoms with E-state index in [4.69, 9.17) is 9.47 Å². The molecule has 2 rings (SSSR count). The Morgan fingerprint density at radius 1 is 1.17 bits per heavy atom. The van der Waals surface area contributed by atoms with Gasteiger partial charge in [-0.3, -0.25) is 0 Å². The SMILES string of the molecule is CCOCCCNC(=NCc1nnc(C)n1C)NCCc1ccc(C)c(OC)c1. The fourth-order valence-electron chi connectivity index (χ4n) is 2.78. The third kappa shape index (κ3) is 7.38. The van der Waals surface area contributed by atoms with Crippen LogP contribution in [0.3, 0.4) is 0 Å². The molecule has 0 aliphatic carbocycles. The first-order valence-electron chi connectivity index (χ1n) is 10.1. The molecular weight excluding hydrogens is 368 g/mol. The van der Waals surface area contributed by atoms with Gasteiger partial charge in [0, 0.05) is 33.4 Å². The van der Waals surface area contributed by atoms with Crippen LogP contribution in [-0.2, 0) is 24.8 Å². The largest absolute Gasteiger partial charge is 0.496 e. The molecule has 0 saturated carbocycles. The van der Waals surface area contributed by atoms with Crippen LogP contribution in [0.1, 0.15) is 36.1 Å². The number of guanidine groups is 1. The van der Waals surface area contributed by atoms with E-state index in [1.54, 1.807) is 7.11 Å². The number of nitrogens with one attached hydrogen (secondary N) is 2. The van der Waals surface area contributed by atoms with Crippen LogP contribution in [-0.4, -0.2) is 54.1 Å². The molecular formula is C21H34N6O2. The molecule has 0 radical (unpaired) electrons. The predicted octanol–water partition coefficient (Wildman–Crippen LogP) is 2.15. The zero-order chi connectivity index (χ0) is 21.1. The third-order valence-corrected chi connectivity index (χ3v) is 4.70. The minimum atomic E-state index is 0.469. The smallest absolute Gasteiger partial charge is 0.191 e. The van der Waals surface area contributed by atoms with Gasteiger partial charge in [-0.25, -0.2) is 4.99 Å². The van der Waals surface area contributed by atoms with Crippen molar-refractivity contribution >= 4 is 5.96 Å². The summed E-state index contributed by atoms with van der Waals surface area (Å²) in [5.41, 5.74) is 2.36. The molecule has 0 bridgehead atoms. The predicted molar refractivity (Wildman–Crippen MR) is 115 cm³/mol. The minimum absolute atomic E-state index is 0.469. The van der Waals surface area contributed by atoms with Crippen molar-refractivity contribution in [3.05, 3.63) is 41.0 Å². The second-order valence-corrected chi connectivity index (χ2v) is 6.85. The average Bonchev–Trinajstić information content (AvgIpc) is 3.04. The Morgan fingerprint density at radius 3 is 2.66 bits per heavy atom. The van der Waals surface area contributed by atoms with Crippen molar-refractivity contribution in [1.29, 1.82) is 0 Å². The van der Waals surface area contributed by atoms with E-state index in [-0.39, 0.29) is 0 Å². The molecule has 160 valence electrons. The highest BCUT2D eigenvalue weighted by Gasteiger charge is 2.06. The number of methoxy groups -OCH3 is 1. The van der Waals surface area contributed by atoms with Crippen molar-refractivity contribution in [2.75, 3.05) is 33.4 Å². The number of rotatable bonds is 11. The van der Waals surface area contributed by atoms with E-state index in [0.29, 0.717) is 6.54 Å². The molecule has 2 aromatic rings. The van der Waals surface area contributed by atoms with Crippen molar-refractivity contribution in [2.24, 2.45) is 12.0 Å². The highest BCUT2D eigenvalue weighted by molar-refractivity contribution is 5.79. The summed E-state index contributed by atoms with van der Waals surface area (Å²) in [5.74, 6) is 3.40. The van der Waals surface area contributed by atoms with Gasteiger partial charge in [-0.05, 0) is 50.8 Å². The lowest BCUT2D eigenvalue weighted by Gasteiger charge is -2.13. The zero-order valence-corrected chi connectivity index (χ0v) is 18.3. The van der Waals surface area contributed by atoms with Gasteiger partial charge in [0.1, 0.15) is 18.1 Å². The van der Waals surface area contributed by atoms with Crippen LogP contribution in [0.2, 0.25) is 0 Å². The normalized spacial score (nSPS) is 11.6. The Hall–Kier alpha value is -2.61. The van der Waals surface area contributed by atoms with Crippen molar-refractivity contribution in [1.82, 2.24) is 25.4 Å². The molecule has 0 fully saturated rings. The van der Waals surface area contributed by atoms with E-state index >= 15 is 0 Å². The number of hydrogen-bond donors (Lipinski definition) is 2. The van der Waals surface area contributed by atoms with E-state index in [1.165, 1.54) is 5.56 Å². The summed E-state index contributed by atoms with van der Waals surface area (Å²) < 4.78 is 12.8. The van der Waals surface area contributed by atoms with Gasteiger partial charge in [0.2, 0.25) is 0 Å². The molecule has 1 aromatic heterocycles. The molecule has 29 heavy (non-hydrogen) atoms. The first-order chi connectivity index (χ1) is 14.0. The number of hydrogen-bond acceptors (Lipinski definition) is 5. The van der Waals surface area contributed by atoms with Crippen LogP contribution in [0.4, 0.5) is 0 Å². The summed E-state index contributed by atoms with van der Waals surface area (Å²) in [5, 5.41) is 15.0. The second kappa shape index (κ2) is 12.1. The summed E-state index contributed by atoms with van der Waals surface area (Å²) in [7, 11) is 3.66. The molecule has 0 unspecified atom stereocenters. The van der Waals surface area contributed by atoms with Gasteiger partial charge >= 0.3 is 0 Å². The number of nitrogens with zero attached hydrogens (tertiary/aromatic N) is 4. The van der Waals surface area contributed by atoms with E-state index in [2.05, 4.69) is 44.0 Å². The van der Waals surface area contributed by atoms with E-state index in [9.17, 15) is 0 Å². The van der Waals surface area contributed by atoms with Gasteiger partial charge in [0.15, 0.2) is 11.8 Å². The van der Waals surface area contributed by atoms with Crippen molar-refractivity contribution in [3.8, 4) is 5.75 Å². The summed E-state index contributed by atoms with van der Waals surface area (Å²) in [6.45, 7) is 9.49. The van der Waals surface area contributed by atoms with Crippen LogP contribution in [0.15, 0.2) is 23.2 Å². The first-order valence-corrected chi connectivity index (χ1v) is 10.1. The van der Waals surface area contributed by atoms with E-state index < -0.39 is 0 Å². The maximum Gasteiger partial charge on any atom is 0.191 e. The lowest BCUT2D eigenvalue weighted by molar-refractivity contribution is 0.145. The van der Waals surface area contributed by atoms with Crippen molar-refractivity contribution in [2.45, 2.75) is 40.2 Å². The standard InChI is InChI=1S/C21H34N6O2/c1-6-29-13-7-11-22-21(24-15-20-26-25-17(3)27(20)4)23-12-10-18-9-8-16(2)19(14-18)28-5/h8-9,14H,6-7,10-13,15H2,1-5H3,(H2,22,23,24). The van der Waals surface area contributed by atoms with Crippen molar-refractivity contribution < 1.29 is 9.47 Å². The fraction of sp³-hybridized carbons (Fsp3) is 0.571. The molecule has 0 aliphatic heterocycles. The minimum Gasteiger partial charge on any atom is -0.496 e. The monoisotopic (exact) mass is 402 g/mol. The zero-order valence-electron chi connectivity index (χ0n) is 18.3. The van der Waals surface area contributed by atoms with Crippen LogP contribution >= 0.6 is 0 Å². The molecule has 1 heterocycles. The number of aryl methyl sites for hydroxylation is 2. The van der Waals surface area contributed by atoms with Gasteiger partial charge in [-0.2, -0.15) is 0 Å². The highest BCUT2D eigenvalue weighted by Crippen LogP contribution is 2.18. The van der Waals surface area contributed by atoms with Crippen LogP contribution in [0.5, 0.6) is 5.75 Å². The molecule has 0 aliphatic rings. The number of benzene rings is 1. The maximum absolute atomic E-state index is 5.42. The molecule has 8 heteroatoms. The molecule has 2 N–H and O–H groups in total.